The van der Waals surface area contributed by atoms with E-state index in [4.69, 9.17) is 9.47 Å². The largest absolute Gasteiger partial charge is 0.497 e. The van der Waals surface area contributed by atoms with Crippen LogP contribution in [-0.2, 0) is 9.53 Å². The maximum Gasteiger partial charge on any atom is 0.338 e. The molecule has 36 heavy (non-hydrogen) atoms. The Balaban J connectivity index is 1.93. The highest BCUT2D eigenvalue weighted by Crippen LogP contribution is 2.33. The molecule has 1 saturated heterocycles. The number of rotatable bonds is 9. The Bertz CT molecular complexity index is 966. The molecular weight excluding hydrogens is 462 g/mol. The molecule has 4 amide bonds. The number of carbonyl (C=O) groups is 3. The summed E-state index contributed by atoms with van der Waals surface area (Å²) in [6.45, 7) is 10.0. The van der Waals surface area contributed by atoms with Gasteiger partial charge in [0.1, 0.15) is 5.75 Å². The molecule has 0 saturated carbocycles. The van der Waals surface area contributed by atoms with Crippen LogP contribution in [0.2, 0.25) is 0 Å². The summed E-state index contributed by atoms with van der Waals surface area (Å²) in [6.07, 6.45) is 1.69. The van der Waals surface area contributed by atoms with Crippen molar-refractivity contribution in [3.05, 3.63) is 41.1 Å². The van der Waals surface area contributed by atoms with Crippen molar-refractivity contribution in [1.82, 2.24) is 25.3 Å². The van der Waals surface area contributed by atoms with Crippen LogP contribution >= 0.6 is 0 Å². The molecule has 198 valence electrons. The third kappa shape index (κ3) is 6.48. The number of methoxy groups -OCH3 is 1. The van der Waals surface area contributed by atoms with E-state index in [1.807, 2.05) is 43.0 Å². The minimum atomic E-state index is -0.659. The Kier molecular flexibility index (Phi) is 9.98. The van der Waals surface area contributed by atoms with Crippen LogP contribution in [0.15, 0.2) is 35.5 Å². The number of nitrogens with one attached hydrogen (secondary N) is 2. The molecule has 10 nitrogen and oxygen atoms in total. The van der Waals surface area contributed by atoms with Crippen LogP contribution in [-0.4, -0.2) is 92.3 Å². The van der Waals surface area contributed by atoms with Gasteiger partial charge < -0.3 is 25.0 Å². The molecular formula is C26H39N5O5. The van der Waals surface area contributed by atoms with Crippen LogP contribution in [0.5, 0.6) is 5.75 Å². The fourth-order valence-corrected chi connectivity index (χ4v) is 4.62. The summed E-state index contributed by atoms with van der Waals surface area (Å²) in [4.78, 5) is 44.6. The standard InChI is InChI=1S/C26H39N5O5/c1-5-12-27-25(33)30-14-9-13-29(15-16-30)18-21-22(24(32)36-7-3)23(28-26(34)31(21)6-2)19-10-8-11-20(17-19)35-4/h8,10-11,17,23H,5-7,9,12-16,18H2,1-4H3,(H,27,33)(H,28,34)/t23-/m0/s1. The summed E-state index contributed by atoms with van der Waals surface area (Å²) in [5.41, 5.74) is 1.80. The number of esters is 1. The van der Waals surface area contributed by atoms with Crippen LogP contribution in [0.25, 0.3) is 0 Å². The molecule has 3 rings (SSSR count). The third-order valence-electron chi connectivity index (χ3n) is 6.45. The van der Waals surface area contributed by atoms with Crippen LogP contribution < -0.4 is 15.4 Å². The number of carbonyl (C=O) groups excluding carboxylic acids is 3. The number of likely N-dealkylation sites (N-methyl/N-ethyl adjacent to an activating group) is 1. The highest BCUT2D eigenvalue weighted by atomic mass is 16.5. The van der Waals surface area contributed by atoms with E-state index in [-0.39, 0.29) is 18.7 Å². The minimum Gasteiger partial charge on any atom is -0.497 e. The highest BCUT2D eigenvalue weighted by molar-refractivity contribution is 5.95. The van der Waals surface area contributed by atoms with Crippen molar-refractivity contribution in [2.75, 3.05) is 59.5 Å². The van der Waals surface area contributed by atoms with Crippen LogP contribution in [0.1, 0.15) is 45.2 Å². The Morgan fingerprint density at radius 2 is 1.94 bits per heavy atom. The monoisotopic (exact) mass is 501 g/mol. The van der Waals surface area contributed by atoms with Crippen molar-refractivity contribution in [2.24, 2.45) is 0 Å². The fourth-order valence-electron chi connectivity index (χ4n) is 4.62. The smallest absolute Gasteiger partial charge is 0.338 e. The Morgan fingerprint density at radius 3 is 2.64 bits per heavy atom. The topological polar surface area (TPSA) is 103 Å². The zero-order valence-electron chi connectivity index (χ0n) is 21.8. The minimum absolute atomic E-state index is 0.0459. The van der Waals surface area contributed by atoms with E-state index < -0.39 is 12.0 Å². The summed E-state index contributed by atoms with van der Waals surface area (Å²) in [5, 5.41) is 5.93. The van der Waals surface area contributed by atoms with Crippen molar-refractivity contribution in [3.8, 4) is 5.75 Å². The van der Waals surface area contributed by atoms with Gasteiger partial charge in [-0.2, -0.15) is 0 Å². The number of nitrogens with zero attached hydrogens (tertiary/aromatic N) is 3. The molecule has 10 heteroatoms. The molecule has 0 spiro atoms. The van der Waals surface area contributed by atoms with Crippen LogP contribution in [0, 0.1) is 0 Å². The number of urea groups is 2. The van der Waals surface area contributed by atoms with E-state index >= 15 is 0 Å². The van der Waals surface area contributed by atoms with Gasteiger partial charge in [0.15, 0.2) is 0 Å². The van der Waals surface area contributed by atoms with Gasteiger partial charge in [0, 0.05) is 51.5 Å². The predicted molar refractivity (Wildman–Crippen MR) is 137 cm³/mol. The summed E-state index contributed by atoms with van der Waals surface area (Å²) in [6, 6.07) is 6.38. The number of benzene rings is 1. The van der Waals surface area contributed by atoms with Gasteiger partial charge in [0.05, 0.1) is 25.3 Å². The molecule has 0 bridgehead atoms. The maximum absolute atomic E-state index is 13.3. The lowest BCUT2D eigenvalue weighted by Crippen LogP contribution is -2.51. The first-order chi connectivity index (χ1) is 17.4. The number of amides is 4. The second-order valence-electron chi connectivity index (χ2n) is 8.83. The van der Waals surface area contributed by atoms with Crippen molar-refractivity contribution in [1.29, 1.82) is 0 Å². The van der Waals surface area contributed by atoms with Gasteiger partial charge >= 0.3 is 18.0 Å². The van der Waals surface area contributed by atoms with Gasteiger partial charge in [-0.3, -0.25) is 9.80 Å². The van der Waals surface area contributed by atoms with Gasteiger partial charge in [0.25, 0.3) is 0 Å². The molecule has 0 aromatic heterocycles. The molecule has 0 radical (unpaired) electrons. The second kappa shape index (κ2) is 13.2. The first-order valence-corrected chi connectivity index (χ1v) is 12.8. The number of hydrogen-bond donors (Lipinski definition) is 2. The first kappa shape index (κ1) is 27.3. The summed E-state index contributed by atoms with van der Waals surface area (Å²) >= 11 is 0. The number of hydrogen-bond acceptors (Lipinski definition) is 6. The molecule has 2 N–H and O–H groups in total. The van der Waals surface area contributed by atoms with E-state index in [0.29, 0.717) is 56.3 Å². The van der Waals surface area contributed by atoms with Gasteiger partial charge in [-0.15, -0.1) is 0 Å². The molecule has 0 aliphatic carbocycles. The van der Waals surface area contributed by atoms with Crippen molar-refractivity contribution in [2.45, 2.75) is 39.7 Å². The zero-order chi connectivity index (χ0) is 26.1. The zero-order valence-corrected chi connectivity index (χ0v) is 21.8. The molecule has 1 atom stereocenters. The fraction of sp³-hybridized carbons (Fsp3) is 0.577. The van der Waals surface area contributed by atoms with Gasteiger partial charge in [-0.05, 0) is 44.4 Å². The highest BCUT2D eigenvalue weighted by Gasteiger charge is 2.38. The average Bonchev–Trinajstić information content (AvgIpc) is 3.13. The van der Waals surface area contributed by atoms with E-state index in [1.54, 1.807) is 18.9 Å². The van der Waals surface area contributed by atoms with Crippen LogP contribution in [0.4, 0.5) is 9.59 Å². The van der Waals surface area contributed by atoms with E-state index in [1.165, 1.54) is 0 Å². The Hall–Kier alpha value is -3.27. The third-order valence-corrected chi connectivity index (χ3v) is 6.45. The molecule has 0 unspecified atom stereocenters. The normalized spacial score (nSPS) is 19.0. The molecule has 1 fully saturated rings. The Labute approximate surface area is 213 Å². The van der Waals surface area contributed by atoms with E-state index in [2.05, 4.69) is 15.5 Å². The lowest BCUT2D eigenvalue weighted by Gasteiger charge is -2.38. The van der Waals surface area contributed by atoms with E-state index in [9.17, 15) is 14.4 Å². The average molecular weight is 502 g/mol. The van der Waals surface area contributed by atoms with E-state index in [0.717, 1.165) is 24.9 Å². The lowest BCUT2D eigenvalue weighted by atomic mass is 9.94. The summed E-state index contributed by atoms with van der Waals surface area (Å²) in [7, 11) is 1.58. The first-order valence-electron chi connectivity index (χ1n) is 12.8. The van der Waals surface area contributed by atoms with Crippen LogP contribution in [0.3, 0.4) is 0 Å². The molecule has 2 heterocycles. The predicted octanol–water partition coefficient (Wildman–Crippen LogP) is 2.73. The molecule has 1 aromatic rings. The van der Waals surface area contributed by atoms with Crippen molar-refractivity contribution >= 4 is 18.0 Å². The van der Waals surface area contributed by atoms with Gasteiger partial charge in [-0.25, -0.2) is 14.4 Å². The molecule has 2 aliphatic rings. The molecule has 1 aromatic carbocycles. The quantitative estimate of drug-likeness (QED) is 0.505. The van der Waals surface area contributed by atoms with Gasteiger partial charge in [0.2, 0.25) is 0 Å². The molecule has 2 aliphatic heterocycles. The maximum atomic E-state index is 13.3. The summed E-state index contributed by atoms with van der Waals surface area (Å²) < 4.78 is 10.8. The van der Waals surface area contributed by atoms with Crippen molar-refractivity contribution in [3.63, 3.8) is 0 Å². The van der Waals surface area contributed by atoms with Gasteiger partial charge in [-0.1, -0.05) is 19.1 Å². The lowest BCUT2D eigenvalue weighted by molar-refractivity contribution is -0.139. The van der Waals surface area contributed by atoms with Crippen molar-refractivity contribution < 1.29 is 23.9 Å². The summed E-state index contributed by atoms with van der Waals surface area (Å²) in [5.74, 6) is 0.188. The number of ether oxygens (including phenoxy) is 2. The SMILES string of the molecule is CCCNC(=O)N1CCCN(CC2=C(C(=O)OCC)[C@H](c3cccc(OC)c3)NC(=O)N2CC)CC1. The second-order valence-corrected chi connectivity index (χ2v) is 8.83. The Morgan fingerprint density at radius 1 is 1.14 bits per heavy atom.